The minimum atomic E-state index is -4.72. The Kier molecular flexibility index (Phi) is 5.41. The molecule has 1 saturated heterocycles. The van der Waals surface area contributed by atoms with Crippen LogP contribution in [0, 0.1) is 11.8 Å². The van der Waals surface area contributed by atoms with Crippen molar-refractivity contribution in [3.05, 3.63) is 29.8 Å². The molecule has 2 unspecified atom stereocenters. The molecule has 2 atom stereocenters. The number of rotatable bonds is 5. The Morgan fingerprint density at radius 2 is 2.00 bits per heavy atom. The first-order chi connectivity index (χ1) is 10.4. The molecule has 2 N–H and O–H groups in total. The van der Waals surface area contributed by atoms with Crippen LogP contribution in [-0.2, 0) is 4.79 Å². The zero-order valence-corrected chi connectivity index (χ0v) is 13.0. The monoisotopic (exact) mass is 350 g/mol. The number of amides is 1. The van der Waals surface area contributed by atoms with Gasteiger partial charge < -0.3 is 15.4 Å². The van der Waals surface area contributed by atoms with Gasteiger partial charge in [0.05, 0.1) is 0 Å². The SMILES string of the molecule is Cl.O=C(NCC1CNC1)C1CC1c1ccccc1OC(F)(F)F. The molecule has 23 heavy (non-hydrogen) atoms. The molecule has 4 nitrogen and oxygen atoms in total. The van der Waals surface area contributed by atoms with Crippen LogP contribution in [0.25, 0.3) is 0 Å². The number of hydrogen-bond acceptors (Lipinski definition) is 3. The first kappa shape index (κ1) is 17.9. The molecule has 1 aliphatic carbocycles. The van der Waals surface area contributed by atoms with Crippen LogP contribution in [-0.4, -0.2) is 31.9 Å². The van der Waals surface area contributed by atoms with Gasteiger partial charge in [-0.1, -0.05) is 18.2 Å². The molecule has 1 saturated carbocycles. The van der Waals surface area contributed by atoms with Gasteiger partial charge in [0.2, 0.25) is 5.91 Å². The molecule has 2 fully saturated rings. The van der Waals surface area contributed by atoms with Crippen LogP contribution in [0.15, 0.2) is 24.3 Å². The summed E-state index contributed by atoms with van der Waals surface area (Å²) in [7, 11) is 0. The van der Waals surface area contributed by atoms with E-state index in [1.165, 1.54) is 12.1 Å². The predicted octanol–water partition coefficient (Wildman–Crippen LogP) is 2.45. The molecule has 0 spiro atoms. The fourth-order valence-electron chi connectivity index (χ4n) is 2.70. The van der Waals surface area contributed by atoms with Crippen molar-refractivity contribution >= 4 is 18.3 Å². The zero-order chi connectivity index (χ0) is 15.7. The van der Waals surface area contributed by atoms with Gasteiger partial charge in [-0.25, -0.2) is 0 Å². The third-order valence-electron chi connectivity index (χ3n) is 4.10. The molecule has 2 aliphatic rings. The molecule has 1 heterocycles. The fraction of sp³-hybridized carbons (Fsp3) is 0.533. The van der Waals surface area contributed by atoms with E-state index in [4.69, 9.17) is 0 Å². The van der Waals surface area contributed by atoms with Crippen LogP contribution in [0.2, 0.25) is 0 Å². The van der Waals surface area contributed by atoms with E-state index in [1.54, 1.807) is 12.1 Å². The maximum atomic E-state index is 12.4. The lowest BCUT2D eigenvalue weighted by Crippen LogP contribution is -2.48. The Balaban J connectivity index is 0.00000192. The number of alkyl halides is 3. The molecular weight excluding hydrogens is 333 g/mol. The standard InChI is InChI=1S/C15H17F3N2O2.ClH/c16-15(17,18)22-13-4-2-1-3-10(13)11-5-12(11)14(21)20-8-9-6-19-7-9;/h1-4,9,11-12,19H,5-8H2,(H,20,21);1H. The summed E-state index contributed by atoms with van der Waals surface area (Å²) in [6, 6.07) is 6.03. The normalized spacial score (nSPS) is 23.4. The average molecular weight is 351 g/mol. The van der Waals surface area contributed by atoms with Gasteiger partial charge in [-0.15, -0.1) is 25.6 Å². The highest BCUT2D eigenvalue weighted by Crippen LogP contribution is 2.51. The summed E-state index contributed by atoms with van der Waals surface area (Å²) in [5, 5.41) is 5.99. The highest BCUT2D eigenvalue weighted by atomic mass is 35.5. The molecule has 3 rings (SSSR count). The number of nitrogens with one attached hydrogen (secondary N) is 2. The molecule has 0 radical (unpaired) electrons. The highest BCUT2D eigenvalue weighted by molar-refractivity contribution is 5.85. The number of carbonyl (C=O) groups excluding carboxylic acids is 1. The maximum Gasteiger partial charge on any atom is 0.573 e. The predicted molar refractivity (Wildman–Crippen MR) is 80.6 cm³/mol. The van der Waals surface area contributed by atoms with Crippen molar-refractivity contribution in [3.8, 4) is 5.75 Å². The van der Waals surface area contributed by atoms with Gasteiger partial charge in [-0.3, -0.25) is 4.79 Å². The van der Waals surface area contributed by atoms with E-state index < -0.39 is 6.36 Å². The van der Waals surface area contributed by atoms with Crippen molar-refractivity contribution < 1.29 is 22.7 Å². The van der Waals surface area contributed by atoms with E-state index in [2.05, 4.69) is 15.4 Å². The van der Waals surface area contributed by atoms with Crippen LogP contribution in [0.1, 0.15) is 17.9 Å². The van der Waals surface area contributed by atoms with E-state index in [0.717, 1.165) is 13.1 Å². The maximum absolute atomic E-state index is 12.4. The summed E-state index contributed by atoms with van der Waals surface area (Å²) in [6.45, 7) is 2.42. The lowest BCUT2D eigenvalue weighted by molar-refractivity contribution is -0.274. The molecule has 1 amide bonds. The molecule has 8 heteroatoms. The minimum absolute atomic E-state index is 0. The number of para-hydroxylation sites is 1. The van der Waals surface area contributed by atoms with E-state index in [1.807, 2.05) is 0 Å². The Hall–Kier alpha value is -1.47. The van der Waals surface area contributed by atoms with Crippen molar-refractivity contribution in [2.24, 2.45) is 11.8 Å². The second-order valence-corrected chi connectivity index (χ2v) is 5.80. The fourth-order valence-corrected chi connectivity index (χ4v) is 2.70. The number of benzene rings is 1. The summed E-state index contributed by atoms with van der Waals surface area (Å²) in [5.74, 6) is -0.289. The largest absolute Gasteiger partial charge is 0.573 e. The van der Waals surface area contributed by atoms with E-state index in [9.17, 15) is 18.0 Å². The molecule has 1 aromatic rings. The van der Waals surface area contributed by atoms with Crippen molar-refractivity contribution in [2.75, 3.05) is 19.6 Å². The number of carbonyl (C=O) groups is 1. The minimum Gasteiger partial charge on any atom is -0.405 e. The van der Waals surface area contributed by atoms with E-state index in [-0.39, 0.29) is 35.9 Å². The second kappa shape index (κ2) is 6.97. The lowest BCUT2D eigenvalue weighted by atomic mass is 10.0. The van der Waals surface area contributed by atoms with Crippen LogP contribution in [0.4, 0.5) is 13.2 Å². The Morgan fingerprint density at radius 3 is 2.61 bits per heavy atom. The quantitative estimate of drug-likeness (QED) is 0.857. The summed E-state index contributed by atoms with van der Waals surface area (Å²) in [4.78, 5) is 12.0. The number of ether oxygens (including phenoxy) is 1. The summed E-state index contributed by atoms with van der Waals surface area (Å²) < 4.78 is 41.3. The third-order valence-corrected chi connectivity index (χ3v) is 4.10. The Labute approximate surface area is 138 Å². The summed E-state index contributed by atoms with van der Waals surface area (Å²) in [5.41, 5.74) is 0.449. The lowest BCUT2D eigenvalue weighted by Gasteiger charge is -2.27. The van der Waals surface area contributed by atoms with Crippen LogP contribution < -0.4 is 15.4 Å². The van der Waals surface area contributed by atoms with Gasteiger partial charge in [0.25, 0.3) is 0 Å². The van der Waals surface area contributed by atoms with Gasteiger partial charge in [0.15, 0.2) is 0 Å². The smallest absolute Gasteiger partial charge is 0.405 e. The molecule has 1 aliphatic heterocycles. The average Bonchev–Trinajstić information content (AvgIpc) is 3.15. The van der Waals surface area contributed by atoms with Crippen LogP contribution >= 0.6 is 12.4 Å². The Bertz CT molecular complexity index is 564. The molecule has 1 aromatic carbocycles. The van der Waals surface area contributed by atoms with Gasteiger partial charge in [-0.05, 0) is 24.0 Å². The molecule has 128 valence electrons. The first-order valence-corrected chi connectivity index (χ1v) is 7.27. The van der Waals surface area contributed by atoms with Crippen LogP contribution in [0.3, 0.4) is 0 Å². The first-order valence-electron chi connectivity index (χ1n) is 7.27. The molecular formula is C15H18ClF3N2O2. The van der Waals surface area contributed by atoms with Gasteiger partial charge in [-0.2, -0.15) is 0 Å². The highest BCUT2D eigenvalue weighted by Gasteiger charge is 2.46. The van der Waals surface area contributed by atoms with E-state index in [0.29, 0.717) is 24.4 Å². The van der Waals surface area contributed by atoms with E-state index >= 15 is 0 Å². The molecule has 0 bridgehead atoms. The Morgan fingerprint density at radius 1 is 1.30 bits per heavy atom. The number of halogens is 4. The summed E-state index contributed by atoms with van der Waals surface area (Å²) >= 11 is 0. The van der Waals surface area contributed by atoms with Gasteiger partial charge in [0, 0.05) is 31.5 Å². The molecule has 0 aromatic heterocycles. The van der Waals surface area contributed by atoms with Crippen LogP contribution in [0.5, 0.6) is 5.75 Å². The van der Waals surface area contributed by atoms with Crippen molar-refractivity contribution in [1.82, 2.24) is 10.6 Å². The van der Waals surface area contributed by atoms with Gasteiger partial charge >= 0.3 is 6.36 Å². The van der Waals surface area contributed by atoms with Crippen molar-refractivity contribution in [3.63, 3.8) is 0 Å². The zero-order valence-electron chi connectivity index (χ0n) is 12.2. The van der Waals surface area contributed by atoms with Crippen molar-refractivity contribution in [1.29, 1.82) is 0 Å². The summed E-state index contributed by atoms with van der Waals surface area (Å²) in [6.07, 6.45) is -4.16. The second-order valence-electron chi connectivity index (χ2n) is 5.80. The van der Waals surface area contributed by atoms with Gasteiger partial charge in [0.1, 0.15) is 5.75 Å². The third kappa shape index (κ3) is 4.51. The van der Waals surface area contributed by atoms with Crippen molar-refractivity contribution in [2.45, 2.75) is 18.7 Å². The number of hydrogen-bond donors (Lipinski definition) is 2. The topological polar surface area (TPSA) is 50.4 Å².